The van der Waals surface area contributed by atoms with E-state index in [1.165, 1.54) is 6.07 Å². The predicted molar refractivity (Wildman–Crippen MR) is 87.4 cm³/mol. The van der Waals surface area contributed by atoms with Crippen LogP contribution in [0.2, 0.25) is 0 Å². The molecule has 0 unspecified atom stereocenters. The van der Waals surface area contributed by atoms with E-state index in [-0.39, 0.29) is 10.5 Å². The molecular formula is C14H18N4O5S. The number of carbonyl (C=O) groups is 1. The van der Waals surface area contributed by atoms with Crippen molar-refractivity contribution >= 4 is 27.4 Å². The minimum Gasteiger partial charge on any atom is -0.370 e. The summed E-state index contributed by atoms with van der Waals surface area (Å²) in [5.41, 5.74) is 9.95. The zero-order chi connectivity index (χ0) is 18.1. The average molecular weight is 354 g/mol. The Balaban J connectivity index is 2.67. The molecule has 0 aromatic heterocycles. The molecule has 1 fully saturated rings. The highest BCUT2D eigenvalue weighted by Crippen LogP contribution is 2.37. The van der Waals surface area contributed by atoms with Crippen molar-refractivity contribution < 1.29 is 18.1 Å². The van der Waals surface area contributed by atoms with Gasteiger partial charge in [-0.2, -0.15) is 4.99 Å². The Morgan fingerprint density at radius 1 is 1.38 bits per heavy atom. The summed E-state index contributed by atoms with van der Waals surface area (Å²) in [5.74, 6) is -1.32. The maximum Gasteiger partial charge on any atom is 0.288 e. The summed E-state index contributed by atoms with van der Waals surface area (Å²) < 4.78 is 25.2. The lowest BCUT2D eigenvalue weighted by atomic mass is 10.00. The molecule has 9 nitrogen and oxygen atoms in total. The summed E-state index contributed by atoms with van der Waals surface area (Å²) in [7, 11) is -3.81. The fourth-order valence-corrected chi connectivity index (χ4v) is 4.56. The first kappa shape index (κ1) is 17.9. The smallest absolute Gasteiger partial charge is 0.288 e. The lowest BCUT2D eigenvalue weighted by Crippen LogP contribution is -2.29. The monoisotopic (exact) mass is 354 g/mol. The Kier molecular flexibility index (Phi) is 4.88. The molecule has 1 aromatic rings. The Morgan fingerprint density at radius 2 is 2.00 bits per heavy atom. The van der Waals surface area contributed by atoms with Gasteiger partial charge in [-0.1, -0.05) is 13.3 Å². The number of aryl methyl sites for hydroxylation is 1. The second-order valence-corrected chi connectivity index (χ2v) is 7.72. The van der Waals surface area contributed by atoms with Crippen LogP contribution in [0.25, 0.3) is 0 Å². The van der Waals surface area contributed by atoms with E-state index in [4.69, 9.17) is 11.5 Å². The summed E-state index contributed by atoms with van der Waals surface area (Å²) in [6.07, 6.45) is 2.04. The third-order valence-electron chi connectivity index (χ3n) is 4.02. The Labute approximate surface area is 138 Å². The molecular weight excluding hydrogens is 336 g/mol. The van der Waals surface area contributed by atoms with Crippen molar-refractivity contribution in [1.82, 2.24) is 0 Å². The molecule has 0 spiro atoms. The van der Waals surface area contributed by atoms with Gasteiger partial charge in [0.25, 0.3) is 11.6 Å². The molecule has 130 valence electrons. The van der Waals surface area contributed by atoms with Crippen molar-refractivity contribution in [2.24, 2.45) is 16.5 Å². The number of guanidine groups is 1. The van der Waals surface area contributed by atoms with Gasteiger partial charge < -0.3 is 11.5 Å². The summed E-state index contributed by atoms with van der Waals surface area (Å²) in [6.45, 7) is 1.70. The van der Waals surface area contributed by atoms with E-state index in [1.54, 1.807) is 6.92 Å². The third-order valence-corrected chi connectivity index (χ3v) is 6.31. The van der Waals surface area contributed by atoms with Crippen LogP contribution in [0.15, 0.2) is 22.0 Å². The van der Waals surface area contributed by atoms with Gasteiger partial charge >= 0.3 is 0 Å². The molecule has 2 rings (SSSR count). The zero-order valence-electron chi connectivity index (χ0n) is 13.1. The third kappa shape index (κ3) is 3.23. The fraction of sp³-hybridized carbons (Fsp3) is 0.429. The molecule has 0 bridgehead atoms. The van der Waals surface area contributed by atoms with Crippen molar-refractivity contribution in [3.63, 3.8) is 0 Å². The molecule has 1 saturated carbocycles. The van der Waals surface area contributed by atoms with Gasteiger partial charge in [0.1, 0.15) is 4.90 Å². The fourth-order valence-electron chi connectivity index (χ4n) is 2.51. The van der Waals surface area contributed by atoms with Gasteiger partial charge in [-0.3, -0.25) is 14.9 Å². The van der Waals surface area contributed by atoms with Crippen molar-refractivity contribution in [3.8, 4) is 0 Å². The summed E-state index contributed by atoms with van der Waals surface area (Å²) in [5, 5.41) is 10.7. The van der Waals surface area contributed by atoms with Gasteiger partial charge in [0, 0.05) is 6.07 Å². The van der Waals surface area contributed by atoms with Crippen LogP contribution in [0.4, 0.5) is 5.69 Å². The van der Waals surface area contributed by atoms with E-state index in [2.05, 4.69) is 4.99 Å². The lowest BCUT2D eigenvalue weighted by Gasteiger charge is -2.25. The standard InChI is InChI=1S/C14H18N4O5S/c1-2-8-6-12(24(22,23)9-4-3-5-9)11(18(20)21)7-10(8)13(19)17-14(15)16/h6-7,9H,2-5H2,1H3,(H4,15,16,17,19). The average Bonchev–Trinajstić information content (AvgIpc) is 2.42. The van der Waals surface area contributed by atoms with E-state index in [1.807, 2.05) is 0 Å². The number of carbonyl (C=O) groups excluding carboxylic acids is 1. The number of aliphatic imine (C=N–C) groups is 1. The van der Waals surface area contributed by atoms with Crippen LogP contribution in [-0.4, -0.2) is 30.5 Å². The van der Waals surface area contributed by atoms with Gasteiger partial charge in [0.05, 0.1) is 15.7 Å². The van der Waals surface area contributed by atoms with Crippen LogP contribution in [0.3, 0.4) is 0 Å². The number of nitro benzene ring substituents is 1. The largest absolute Gasteiger partial charge is 0.370 e. The number of nitro groups is 1. The van der Waals surface area contributed by atoms with E-state index in [0.29, 0.717) is 24.8 Å². The second kappa shape index (κ2) is 6.56. The number of nitrogens with two attached hydrogens (primary N) is 2. The molecule has 0 heterocycles. The molecule has 0 radical (unpaired) electrons. The maximum atomic E-state index is 12.6. The Morgan fingerprint density at radius 3 is 2.42 bits per heavy atom. The zero-order valence-corrected chi connectivity index (χ0v) is 13.9. The molecule has 24 heavy (non-hydrogen) atoms. The molecule has 0 atom stereocenters. The van der Waals surface area contributed by atoms with E-state index < -0.39 is 37.6 Å². The summed E-state index contributed by atoms with van der Waals surface area (Å²) in [6, 6.07) is 2.14. The Hall–Kier alpha value is -2.49. The van der Waals surface area contributed by atoms with Crippen molar-refractivity contribution in [1.29, 1.82) is 0 Å². The van der Waals surface area contributed by atoms with Crippen LogP contribution in [-0.2, 0) is 16.3 Å². The number of rotatable bonds is 5. The Bertz CT molecular complexity index is 824. The van der Waals surface area contributed by atoms with Crippen molar-refractivity contribution in [2.45, 2.75) is 42.8 Å². The summed E-state index contributed by atoms with van der Waals surface area (Å²) in [4.78, 5) is 25.6. The number of nitrogens with zero attached hydrogens (tertiary/aromatic N) is 2. The van der Waals surface area contributed by atoms with Crippen molar-refractivity contribution in [3.05, 3.63) is 33.4 Å². The first-order valence-corrected chi connectivity index (χ1v) is 8.92. The highest BCUT2D eigenvalue weighted by atomic mass is 32.2. The molecule has 0 saturated heterocycles. The van der Waals surface area contributed by atoms with Gasteiger partial charge in [-0.25, -0.2) is 8.42 Å². The molecule has 1 aromatic carbocycles. The topological polar surface area (TPSA) is 159 Å². The molecule has 1 amide bonds. The number of benzene rings is 1. The predicted octanol–water partition coefficient (Wildman–Crippen LogP) is 0.897. The maximum absolute atomic E-state index is 12.6. The first-order valence-electron chi connectivity index (χ1n) is 7.37. The van der Waals surface area contributed by atoms with E-state index in [9.17, 15) is 23.3 Å². The van der Waals surface area contributed by atoms with Gasteiger partial charge in [-0.05, 0) is 30.9 Å². The quantitative estimate of drug-likeness (QED) is 0.344. The minimum atomic E-state index is -3.81. The second-order valence-electron chi connectivity index (χ2n) is 5.53. The molecule has 4 N–H and O–H groups in total. The van der Waals surface area contributed by atoms with Crippen LogP contribution in [0.5, 0.6) is 0 Å². The summed E-state index contributed by atoms with van der Waals surface area (Å²) >= 11 is 0. The minimum absolute atomic E-state index is 0.0786. The lowest BCUT2D eigenvalue weighted by molar-refractivity contribution is -0.387. The highest BCUT2D eigenvalue weighted by Gasteiger charge is 2.38. The number of hydrogen-bond donors (Lipinski definition) is 2. The van der Waals surface area contributed by atoms with E-state index >= 15 is 0 Å². The normalized spacial score (nSPS) is 14.7. The van der Waals surface area contributed by atoms with Gasteiger partial charge in [0.15, 0.2) is 15.8 Å². The van der Waals surface area contributed by atoms with Gasteiger partial charge in [0.2, 0.25) is 0 Å². The molecule has 1 aliphatic carbocycles. The first-order chi connectivity index (χ1) is 11.2. The molecule has 1 aliphatic rings. The van der Waals surface area contributed by atoms with Gasteiger partial charge in [-0.15, -0.1) is 0 Å². The molecule has 10 heteroatoms. The number of hydrogen-bond acceptors (Lipinski definition) is 5. The van der Waals surface area contributed by atoms with Crippen LogP contribution in [0, 0.1) is 10.1 Å². The van der Waals surface area contributed by atoms with Crippen LogP contribution in [0.1, 0.15) is 42.1 Å². The molecule has 0 aliphatic heterocycles. The SMILES string of the molecule is CCc1cc(S(=O)(=O)C2CCC2)c([N+](=O)[O-])cc1C(=O)N=C(N)N. The highest BCUT2D eigenvalue weighted by molar-refractivity contribution is 7.92. The number of amides is 1. The number of sulfone groups is 1. The van der Waals surface area contributed by atoms with E-state index in [0.717, 1.165) is 12.5 Å². The van der Waals surface area contributed by atoms with Crippen LogP contribution >= 0.6 is 0 Å². The van der Waals surface area contributed by atoms with Crippen LogP contribution < -0.4 is 11.5 Å². The van der Waals surface area contributed by atoms with Crippen molar-refractivity contribution in [2.75, 3.05) is 0 Å².